The van der Waals surface area contributed by atoms with Crippen LogP contribution in [0, 0.1) is 0 Å². The second kappa shape index (κ2) is 6.06. The lowest BCUT2D eigenvalue weighted by atomic mass is 10.2. The van der Waals surface area contributed by atoms with E-state index in [4.69, 9.17) is 9.47 Å². The molecule has 0 aliphatic carbocycles. The standard InChI is InChI=1S/C15H15NO4/c1-10(2)14(17)19-7-8-20-15(18)12-9-16-13-6-4-3-5-11(12)13/h3-6,9,16H,1,7-8H2,2H3. The molecule has 0 aliphatic rings. The molecule has 2 aromatic rings. The summed E-state index contributed by atoms with van der Waals surface area (Å²) in [4.78, 5) is 26.0. The van der Waals surface area contributed by atoms with Crippen LogP contribution in [0.5, 0.6) is 0 Å². The largest absolute Gasteiger partial charge is 0.459 e. The van der Waals surface area contributed by atoms with Crippen LogP contribution in [0.1, 0.15) is 17.3 Å². The number of aromatic amines is 1. The molecule has 20 heavy (non-hydrogen) atoms. The minimum atomic E-state index is -0.492. The number of hydrogen-bond donors (Lipinski definition) is 1. The highest BCUT2D eigenvalue weighted by Crippen LogP contribution is 2.18. The van der Waals surface area contributed by atoms with Crippen LogP contribution in [0.4, 0.5) is 0 Å². The summed E-state index contributed by atoms with van der Waals surface area (Å²) in [6, 6.07) is 7.44. The number of carbonyl (C=O) groups is 2. The number of esters is 2. The monoisotopic (exact) mass is 273 g/mol. The van der Waals surface area contributed by atoms with Crippen LogP contribution >= 0.6 is 0 Å². The van der Waals surface area contributed by atoms with Gasteiger partial charge >= 0.3 is 11.9 Å². The van der Waals surface area contributed by atoms with Gasteiger partial charge in [-0.05, 0) is 13.0 Å². The van der Waals surface area contributed by atoms with E-state index >= 15 is 0 Å². The van der Waals surface area contributed by atoms with Gasteiger partial charge in [-0.1, -0.05) is 24.8 Å². The fourth-order valence-corrected chi connectivity index (χ4v) is 1.71. The minimum Gasteiger partial charge on any atom is -0.459 e. The first kappa shape index (κ1) is 13.9. The van der Waals surface area contributed by atoms with E-state index < -0.39 is 11.9 Å². The van der Waals surface area contributed by atoms with Crippen molar-refractivity contribution >= 4 is 22.8 Å². The van der Waals surface area contributed by atoms with Crippen LogP contribution in [0.25, 0.3) is 10.9 Å². The first-order valence-corrected chi connectivity index (χ1v) is 6.15. The van der Waals surface area contributed by atoms with Crippen LogP contribution in [0.2, 0.25) is 0 Å². The second-order valence-electron chi connectivity index (χ2n) is 4.30. The molecule has 0 spiro atoms. The van der Waals surface area contributed by atoms with E-state index in [2.05, 4.69) is 11.6 Å². The molecule has 1 heterocycles. The molecule has 0 amide bonds. The van der Waals surface area contributed by atoms with Crippen molar-refractivity contribution in [1.29, 1.82) is 0 Å². The molecule has 0 bridgehead atoms. The predicted octanol–water partition coefficient (Wildman–Crippen LogP) is 2.44. The van der Waals surface area contributed by atoms with E-state index in [9.17, 15) is 9.59 Å². The van der Waals surface area contributed by atoms with E-state index in [0.29, 0.717) is 11.1 Å². The predicted molar refractivity (Wildman–Crippen MR) is 74.4 cm³/mol. The molecular formula is C15H15NO4. The molecule has 0 saturated carbocycles. The maximum absolute atomic E-state index is 11.9. The van der Waals surface area contributed by atoms with Gasteiger partial charge in [0.05, 0.1) is 5.56 Å². The van der Waals surface area contributed by atoms with Crippen LogP contribution < -0.4 is 0 Å². The number of fused-ring (bicyclic) bond motifs is 1. The van der Waals surface area contributed by atoms with Gasteiger partial charge in [0, 0.05) is 22.7 Å². The topological polar surface area (TPSA) is 68.4 Å². The van der Waals surface area contributed by atoms with E-state index in [1.54, 1.807) is 13.1 Å². The Labute approximate surface area is 116 Å². The Bertz CT molecular complexity index is 657. The van der Waals surface area contributed by atoms with Gasteiger partial charge in [-0.25, -0.2) is 9.59 Å². The Morgan fingerprint density at radius 3 is 2.65 bits per heavy atom. The van der Waals surface area contributed by atoms with Crippen LogP contribution in [0.15, 0.2) is 42.6 Å². The third-order valence-corrected chi connectivity index (χ3v) is 2.71. The summed E-state index contributed by atoms with van der Waals surface area (Å²) in [5.41, 5.74) is 1.65. The van der Waals surface area contributed by atoms with Crippen molar-refractivity contribution in [2.45, 2.75) is 6.92 Å². The van der Waals surface area contributed by atoms with Crippen LogP contribution in [0.3, 0.4) is 0 Å². The first-order valence-electron chi connectivity index (χ1n) is 6.15. The summed E-state index contributed by atoms with van der Waals surface area (Å²) >= 11 is 0. The van der Waals surface area contributed by atoms with E-state index in [1.165, 1.54) is 0 Å². The summed E-state index contributed by atoms with van der Waals surface area (Å²) in [5.74, 6) is -0.943. The quantitative estimate of drug-likeness (QED) is 0.516. The lowest BCUT2D eigenvalue weighted by Crippen LogP contribution is -2.14. The summed E-state index contributed by atoms with van der Waals surface area (Å²) in [5, 5.41) is 0.802. The Kier molecular flexibility index (Phi) is 4.20. The highest BCUT2D eigenvalue weighted by molar-refractivity contribution is 6.03. The Balaban J connectivity index is 1.89. The smallest absolute Gasteiger partial charge is 0.340 e. The molecule has 0 unspecified atom stereocenters. The average molecular weight is 273 g/mol. The number of hydrogen-bond acceptors (Lipinski definition) is 4. The van der Waals surface area contributed by atoms with Crippen LogP contribution in [-0.2, 0) is 14.3 Å². The lowest BCUT2D eigenvalue weighted by Gasteiger charge is -2.05. The van der Waals surface area contributed by atoms with Gasteiger partial charge in [-0.3, -0.25) is 0 Å². The molecule has 0 fully saturated rings. The third kappa shape index (κ3) is 3.06. The highest BCUT2D eigenvalue weighted by Gasteiger charge is 2.13. The number of aromatic nitrogens is 1. The average Bonchev–Trinajstić information content (AvgIpc) is 2.87. The number of para-hydroxylation sites is 1. The van der Waals surface area contributed by atoms with Gasteiger partial charge in [0.1, 0.15) is 13.2 Å². The third-order valence-electron chi connectivity index (χ3n) is 2.71. The van der Waals surface area contributed by atoms with Crippen LogP contribution in [-0.4, -0.2) is 30.1 Å². The maximum atomic E-state index is 11.9. The normalized spacial score (nSPS) is 10.2. The summed E-state index contributed by atoms with van der Waals surface area (Å²) in [7, 11) is 0. The molecule has 1 aromatic carbocycles. The Morgan fingerprint density at radius 2 is 1.90 bits per heavy atom. The van der Waals surface area contributed by atoms with Gasteiger partial charge in [-0.2, -0.15) is 0 Å². The van der Waals surface area contributed by atoms with Gasteiger partial charge in [0.15, 0.2) is 0 Å². The van der Waals surface area contributed by atoms with Crippen molar-refractivity contribution < 1.29 is 19.1 Å². The van der Waals surface area contributed by atoms with Crippen molar-refractivity contribution in [2.75, 3.05) is 13.2 Å². The van der Waals surface area contributed by atoms with Crippen molar-refractivity contribution in [3.63, 3.8) is 0 Å². The fourth-order valence-electron chi connectivity index (χ4n) is 1.71. The molecule has 0 aliphatic heterocycles. The zero-order valence-electron chi connectivity index (χ0n) is 11.1. The summed E-state index contributed by atoms with van der Waals surface area (Å²) < 4.78 is 9.89. The van der Waals surface area contributed by atoms with Crippen molar-refractivity contribution in [1.82, 2.24) is 4.98 Å². The second-order valence-corrected chi connectivity index (χ2v) is 4.30. The van der Waals surface area contributed by atoms with Crippen molar-refractivity contribution in [3.05, 3.63) is 48.2 Å². The molecule has 5 nitrogen and oxygen atoms in total. The number of nitrogens with one attached hydrogen (secondary N) is 1. The van der Waals surface area contributed by atoms with Crippen molar-refractivity contribution in [3.8, 4) is 0 Å². The molecule has 1 aromatic heterocycles. The van der Waals surface area contributed by atoms with Crippen molar-refractivity contribution in [2.24, 2.45) is 0 Å². The molecule has 0 radical (unpaired) electrons. The van der Waals surface area contributed by atoms with E-state index in [0.717, 1.165) is 10.9 Å². The Morgan fingerprint density at radius 1 is 1.20 bits per heavy atom. The number of rotatable bonds is 5. The molecule has 2 rings (SSSR count). The van der Waals surface area contributed by atoms with Gasteiger partial charge in [-0.15, -0.1) is 0 Å². The zero-order chi connectivity index (χ0) is 14.5. The summed E-state index contributed by atoms with van der Waals surface area (Å²) in [6.07, 6.45) is 1.60. The molecule has 1 N–H and O–H groups in total. The molecule has 0 atom stereocenters. The number of carbonyl (C=O) groups excluding carboxylic acids is 2. The van der Waals surface area contributed by atoms with E-state index in [-0.39, 0.29) is 13.2 Å². The van der Waals surface area contributed by atoms with E-state index in [1.807, 2.05) is 24.3 Å². The summed E-state index contributed by atoms with van der Waals surface area (Å²) in [6.45, 7) is 5.04. The lowest BCUT2D eigenvalue weighted by molar-refractivity contribution is -0.140. The number of ether oxygens (including phenoxy) is 2. The highest BCUT2D eigenvalue weighted by atomic mass is 16.6. The first-order chi connectivity index (χ1) is 9.59. The van der Waals surface area contributed by atoms with Gasteiger partial charge < -0.3 is 14.5 Å². The SMILES string of the molecule is C=C(C)C(=O)OCCOC(=O)c1c[nH]c2ccccc12. The maximum Gasteiger partial charge on any atom is 0.340 e. The Hall–Kier alpha value is -2.56. The van der Waals surface area contributed by atoms with Gasteiger partial charge in [0.25, 0.3) is 0 Å². The molecule has 104 valence electrons. The molecule has 5 heteroatoms. The van der Waals surface area contributed by atoms with Gasteiger partial charge in [0.2, 0.25) is 0 Å². The zero-order valence-corrected chi connectivity index (χ0v) is 11.1. The number of H-pyrrole nitrogens is 1. The fraction of sp³-hybridized carbons (Fsp3) is 0.200. The molecular weight excluding hydrogens is 258 g/mol. The molecule has 0 saturated heterocycles. The number of benzene rings is 1. The minimum absolute atomic E-state index is 0.0113.